The largest absolute Gasteiger partial charge is 0.486 e. The van der Waals surface area contributed by atoms with Crippen LogP contribution in [0.25, 0.3) is 0 Å². The van der Waals surface area contributed by atoms with Crippen molar-refractivity contribution >= 4 is 28.3 Å². The number of nitrogens with zero attached hydrogens (tertiary/aromatic N) is 2. The third-order valence-corrected chi connectivity index (χ3v) is 5.37. The fourth-order valence-corrected chi connectivity index (χ4v) is 3.77. The van der Waals surface area contributed by atoms with Crippen LogP contribution < -0.4 is 14.8 Å². The number of aromatic nitrogens is 1. The minimum absolute atomic E-state index is 0.0402. The fraction of sp³-hybridized carbons (Fsp3) is 0.286. The lowest BCUT2D eigenvalue weighted by Gasteiger charge is -2.23. The van der Waals surface area contributed by atoms with Gasteiger partial charge in [-0.2, -0.15) is 0 Å². The highest BCUT2D eigenvalue weighted by molar-refractivity contribution is 7.14. The highest BCUT2D eigenvalue weighted by atomic mass is 32.1. The molecule has 1 aliphatic rings. The second kappa shape index (κ2) is 9.00. The molecule has 156 valence electrons. The molecule has 1 N–H and O–H groups in total. The number of hydrogen-bond acceptors (Lipinski definition) is 7. The van der Waals surface area contributed by atoms with E-state index in [0.29, 0.717) is 42.9 Å². The Morgan fingerprint density at radius 2 is 2.03 bits per heavy atom. The molecule has 0 radical (unpaired) electrons. The Balaban J connectivity index is 1.36. The third-order valence-electron chi connectivity index (χ3n) is 4.56. The number of rotatable bonds is 7. The van der Waals surface area contributed by atoms with Gasteiger partial charge in [0.05, 0.1) is 18.4 Å². The van der Waals surface area contributed by atoms with E-state index in [1.54, 1.807) is 22.4 Å². The molecule has 30 heavy (non-hydrogen) atoms. The van der Waals surface area contributed by atoms with Crippen LogP contribution in [-0.4, -0.2) is 41.5 Å². The van der Waals surface area contributed by atoms with E-state index in [0.717, 1.165) is 11.3 Å². The van der Waals surface area contributed by atoms with Crippen molar-refractivity contribution in [3.05, 3.63) is 59.0 Å². The van der Waals surface area contributed by atoms with Crippen molar-refractivity contribution in [3.8, 4) is 11.5 Å². The normalized spacial score (nSPS) is 12.4. The molecule has 3 heterocycles. The van der Waals surface area contributed by atoms with Crippen molar-refractivity contribution in [2.75, 3.05) is 25.1 Å². The van der Waals surface area contributed by atoms with E-state index in [1.165, 1.54) is 17.6 Å². The smallest absolute Gasteiger partial charge is 0.293 e. The molecule has 8 nitrogen and oxygen atoms in total. The first kappa shape index (κ1) is 20.0. The molecule has 3 aromatic rings. The number of fused-ring (bicyclic) bond motifs is 1. The highest BCUT2D eigenvalue weighted by Gasteiger charge is 2.18. The number of likely N-dealkylation sites (N-methyl/N-ethyl adjacent to an activating group) is 1. The van der Waals surface area contributed by atoms with Gasteiger partial charge in [0.25, 0.3) is 5.91 Å². The second-order valence-electron chi connectivity index (χ2n) is 6.64. The molecule has 1 aliphatic heterocycles. The van der Waals surface area contributed by atoms with Gasteiger partial charge in [-0.1, -0.05) is 6.07 Å². The predicted molar refractivity (Wildman–Crippen MR) is 111 cm³/mol. The van der Waals surface area contributed by atoms with Gasteiger partial charge < -0.3 is 18.8 Å². The van der Waals surface area contributed by atoms with Crippen LogP contribution in [0.5, 0.6) is 11.5 Å². The molecular formula is C21H21N3O5S. The summed E-state index contributed by atoms with van der Waals surface area (Å²) in [5.41, 5.74) is 1.58. The number of nitrogens with one attached hydrogen (secondary N) is 1. The average Bonchev–Trinajstić information content (AvgIpc) is 3.44. The van der Waals surface area contributed by atoms with Gasteiger partial charge in [0.1, 0.15) is 13.2 Å². The predicted octanol–water partition coefficient (Wildman–Crippen LogP) is 3.35. The monoisotopic (exact) mass is 427 g/mol. The van der Waals surface area contributed by atoms with Crippen molar-refractivity contribution in [2.24, 2.45) is 0 Å². The molecule has 2 amide bonds. The molecule has 4 rings (SSSR count). The Kier molecular flexibility index (Phi) is 5.99. The summed E-state index contributed by atoms with van der Waals surface area (Å²) in [6.07, 6.45) is 1.59. The Morgan fingerprint density at radius 3 is 2.80 bits per heavy atom. The van der Waals surface area contributed by atoms with Crippen LogP contribution in [0.3, 0.4) is 0 Å². The number of carbonyl (C=O) groups excluding carboxylic acids is 2. The lowest BCUT2D eigenvalue weighted by atomic mass is 10.1. The van der Waals surface area contributed by atoms with Gasteiger partial charge in [0.15, 0.2) is 22.4 Å². The molecule has 1 aromatic carbocycles. The van der Waals surface area contributed by atoms with E-state index in [-0.39, 0.29) is 24.0 Å². The van der Waals surface area contributed by atoms with Crippen LogP contribution in [0, 0.1) is 0 Å². The number of thiazole rings is 1. The summed E-state index contributed by atoms with van der Waals surface area (Å²) in [6, 6.07) is 8.94. The summed E-state index contributed by atoms with van der Waals surface area (Å²) >= 11 is 1.27. The van der Waals surface area contributed by atoms with Crippen LogP contribution >= 0.6 is 11.3 Å². The van der Waals surface area contributed by atoms with Gasteiger partial charge in [-0.3, -0.25) is 14.9 Å². The van der Waals surface area contributed by atoms with Gasteiger partial charge in [-0.15, -0.1) is 11.3 Å². The summed E-state index contributed by atoms with van der Waals surface area (Å²) in [5, 5.41) is 4.87. The zero-order valence-electron chi connectivity index (χ0n) is 16.4. The zero-order valence-corrected chi connectivity index (χ0v) is 17.2. The fourth-order valence-electron chi connectivity index (χ4n) is 3.06. The van der Waals surface area contributed by atoms with Crippen molar-refractivity contribution in [1.82, 2.24) is 9.88 Å². The van der Waals surface area contributed by atoms with Crippen LogP contribution in [0.4, 0.5) is 5.13 Å². The molecule has 9 heteroatoms. The maximum absolute atomic E-state index is 12.8. The number of furan rings is 1. The summed E-state index contributed by atoms with van der Waals surface area (Å²) in [6.45, 7) is 4.04. The van der Waals surface area contributed by atoms with Crippen LogP contribution in [0.2, 0.25) is 0 Å². The van der Waals surface area contributed by atoms with Gasteiger partial charge >= 0.3 is 0 Å². The van der Waals surface area contributed by atoms with E-state index < -0.39 is 0 Å². The Labute approximate surface area is 177 Å². The van der Waals surface area contributed by atoms with Gasteiger partial charge in [0.2, 0.25) is 5.91 Å². The topological polar surface area (TPSA) is 93.9 Å². The molecule has 0 aliphatic carbocycles. The first-order valence-corrected chi connectivity index (χ1v) is 10.5. The number of carbonyl (C=O) groups is 2. The Morgan fingerprint density at radius 1 is 1.20 bits per heavy atom. The van der Waals surface area contributed by atoms with Crippen LogP contribution in [0.1, 0.15) is 28.7 Å². The van der Waals surface area contributed by atoms with Crippen molar-refractivity contribution in [3.63, 3.8) is 0 Å². The van der Waals surface area contributed by atoms with Crippen LogP contribution in [0.15, 0.2) is 46.4 Å². The second-order valence-corrected chi connectivity index (χ2v) is 7.50. The van der Waals surface area contributed by atoms with E-state index in [2.05, 4.69) is 10.3 Å². The summed E-state index contributed by atoms with van der Waals surface area (Å²) < 4.78 is 16.2. The summed E-state index contributed by atoms with van der Waals surface area (Å²) in [7, 11) is 0. The van der Waals surface area contributed by atoms with E-state index in [1.807, 2.05) is 25.1 Å². The van der Waals surface area contributed by atoms with Gasteiger partial charge in [-0.25, -0.2) is 4.98 Å². The maximum Gasteiger partial charge on any atom is 0.293 e. The molecule has 0 atom stereocenters. The minimum Gasteiger partial charge on any atom is -0.486 e. The molecule has 0 spiro atoms. The van der Waals surface area contributed by atoms with Crippen molar-refractivity contribution in [1.29, 1.82) is 0 Å². The Hall–Kier alpha value is -3.33. The standard InChI is InChI=1S/C21H21N3O5S/c1-2-24(12-14-5-6-16-18(10-14)29-9-8-28-16)19(25)11-15-13-30-21(22-15)23-20(26)17-4-3-7-27-17/h3-7,10,13H,2,8-9,11-12H2,1H3,(H,22,23,26). The highest BCUT2D eigenvalue weighted by Crippen LogP contribution is 2.31. The quantitative estimate of drug-likeness (QED) is 0.622. The third kappa shape index (κ3) is 4.62. The molecule has 0 bridgehead atoms. The minimum atomic E-state index is -0.374. The molecule has 0 fully saturated rings. The maximum atomic E-state index is 12.8. The molecular weight excluding hydrogens is 406 g/mol. The summed E-state index contributed by atoms with van der Waals surface area (Å²) in [4.78, 5) is 30.9. The lowest BCUT2D eigenvalue weighted by Crippen LogP contribution is -2.31. The average molecular weight is 427 g/mol. The van der Waals surface area contributed by atoms with Crippen LogP contribution in [-0.2, 0) is 17.8 Å². The molecule has 2 aromatic heterocycles. The van der Waals surface area contributed by atoms with Crippen molar-refractivity contribution < 1.29 is 23.5 Å². The SMILES string of the molecule is CCN(Cc1ccc2c(c1)OCCO2)C(=O)Cc1csc(NC(=O)c2ccco2)n1. The molecule has 0 saturated heterocycles. The van der Waals surface area contributed by atoms with Crippen molar-refractivity contribution in [2.45, 2.75) is 19.9 Å². The molecule has 0 unspecified atom stereocenters. The number of benzene rings is 1. The van der Waals surface area contributed by atoms with Gasteiger partial charge in [0, 0.05) is 18.5 Å². The number of hydrogen-bond donors (Lipinski definition) is 1. The van der Waals surface area contributed by atoms with Gasteiger partial charge in [-0.05, 0) is 36.8 Å². The number of amides is 2. The van der Waals surface area contributed by atoms with E-state index in [4.69, 9.17) is 13.9 Å². The molecule has 0 saturated carbocycles. The summed E-state index contributed by atoms with van der Waals surface area (Å²) in [5.74, 6) is 1.23. The lowest BCUT2D eigenvalue weighted by molar-refractivity contribution is -0.130. The first-order valence-electron chi connectivity index (χ1n) is 9.58. The van der Waals surface area contributed by atoms with E-state index in [9.17, 15) is 9.59 Å². The number of anilines is 1. The zero-order chi connectivity index (χ0) is 20.9. The number of ether oxygens (including phenoxy) is 2. The Bertz CT molecular complexity index is 1030. The first-order chi connectivity index (χ1) is 14.6. The van der Waals surface area contributed by atoms with E-state index >= 15 is 0 Å².